The van der Waals surface area contributed by atoms with Gasteiger partial charge in [0.05, 0.1) is 11.2 Å². The molecule has 0 amide bonds. The van der Waals surface area contributed by atoms with Crippen LogP contribution in [0.5, 0.6) is 0 Å². The summed E-state index contributed by atoms with van der Waals surface area (Å²) in [6, 6.07) is 23.8. The third-order valence-corrected chi connectivity index (χ3v) is 5.17. The number of halogens is 4. The molecule has 0 fully saturated rings. The van der Waals surface area contributed by atoms with Crippen molar-refractivity contribution in [1.82, 2.24) is 4.98 Å². The lowest BCUT2D eigenvalue weighted by atomic mass is 9.98. The molecule has 3 aromatic carbocycles. The monoisotopic (exact) mass is 462 g/mol. The van der Waals surface area contributed by atoms with Gasteiger partial charge in [0.1, 0.15) is 0 Å². The second-order valence-electron chi connectivity index (χ2n) is 5.70. The molecule has 0 atom stereocenters. The summed E-state index contributed by atoms with van der Waals surface area (Å²) >= 11 is 16.2. The Labute approximate surface area is 176 Å². The van der Waals surface area contributed by atoms with E-state index in [1.54, 1.807) is 0 Å². The maximum Gasteiger partial charge on any atom is 0.0716 e. The minimum Gasteiger partial charge on any atom is -1.00 e. The maximum absolute atomic E-state index is 6.46. The fraction of sp³-hybridized carbons (Fsp3) is 0. The van der Waals surface area contributed by atoms with E-state index in [0.29, 0.717) is 10.0 Å². The number of aromatic nitrogens is 1. The van der Waals surface area contributed by atoms with E-state index in [4.69, 9.17) is 28.2 Å². The Morgan fingerprint density at radius 1 is 0.769 bits per heavy atom. The first-order valence-electron chi connectivity index (χ1n) is 7.73. The molecule has 130 valence electrons. The molecule has 0 spiro atoms. The van der Waals surface area contributed by atoms with Crippen molar-refractivity contribution in [2.24, 2.45) is 0 Å². The van der Waals surface area contributed by atoms with Crippen LogP contribution in [0, 0.1) is 0 Å². The number of hydrogen-bond acceptors (Lipinski definition) is 1. The van der Waals surface area contributed by atoms with Crippen molar-refractivity contribution in [1.29, 1.82) is 0 Å². The lowest BCUT2D eigenvalue weighted by Crippen LogP contribution is -3.00. The van der Waals surface area contributed by atoms with Gasteiger partial charge in [0.25, 0.3) is 0 Å². The van der Waals surface area contributed by atoms with Gasteiger partial charge in [-0.2, -0.15) is 0 Å². The van der Waals surface area contributed by atoms with E-state index in [1.165, 1.54) is 0 Å². The Bertz CT molecular complexity index is 1080. The first-order valence-corrected chi connectivity index (χ1v) is 9.28. The fourth-order valence-corrected chi connectivity index (χ4v) is 3.54. The summed E-state index contributed by atoms with van der Waals surface area (Å²) in [4.78, 5) is 4.82. The van der Waals surface area contributed by atoms with Gasteiger partial charge < -0.3 is 12.4 Å². The highest BCUT2D eigenvalue weighted by molar-refractivity contribution is 9.10. The van der Waals surface area contributed by atoms with Crippen molar-refractivity contribution < 1.29 is 12.4 Å². The molecule has 4 aromatic rings. The number of pyridine rings is 1. The van der Waals surface area contributed by atoms with Gasteiger partial charge >= 0.3 is 0 Å². The smallest absolute Gasteiger partial charge is 0.0716 e. The van der Waals surface area contributed by atoms with Crippen molar-refractivity contribution in [3.63, 3.8) is 0 Å². The molecule has 1 nitrogen and oxygen atoms in total. The van der Waals surface area contributed by atoms with Crippen molar-refractivity contribution >= 4 is 50.0 Å². The lowest BCUT2D eigenvalue weighted by molar-refractivity contribution is -0.00000454. The molecule has 0 radical (unpaired) electrons. The van der Waals surface area contributed by atoms with Crippen molar-refractivity contribution in [2.45, 2.75) is 0 Å². The van der Waals surface area contributed by atoms with Gasteiger partial charge in [-0.1, -0.05) is 69.5 Å². The van der Waals surface area contributed by atoms with Crippen LogP contribution in [0.2, 0.25) is 10.0 Å². The Morgan fingerprint density at radius 2 is 1.50 bits per heavy atom. The number of benzene rings is 3. The van der Waals surface area contributed by atoms with Gasteiger partial charge in [-0.15, -0.1) is 0 Å². The molecular weight excluding hydrogens is 453 g/mol. The first-order chi connectivity index (χ1) is 12.1. The molecule has 0 aliphatic heterocycles. The van der Waals surface area contributed by atoms with Crippen LogP contribution in [0.25, 0.3) is 33.3 Å². The zero-order valence-electron chi connectivity index (χ0n) is 13.4. The molecule has 26 heavy (non-hydrogen) atoms. The summed E-state index contributed by atoms with van der Waals surface area (Å²) in [6.07, 6.45) is 0. The quantitative estimate of drug-likeness (QED) is 0.421. The van der Waals surface area contributed by atoms with Crippen LogP contribution in [0.4, 0.5) is 0 Å². The summed E-state index contributed by atoms with van der Waals surface area (Å²) in [5.41, 5.74) is 4.83. The van der Waals surface area contributed by atoms with E-state index in [0.717, 1.165) is 37.8 Å². The predicted molar refractivity (Wildman–Crippen MR) is 110 cm³/mol. The first kappa shape index (κ1) is 19.2. The zero-order chi connectivity index (χ0) is 17.4. The Hall–Kier alpha value is -1.58. The van der Waals surface area contributed by atoms with E-state index in [9.17, 15) is 0 Å². The third-order valence-electron chi connectivity index (χ3n) is 4.07. The van der Waals surface area contributed by atoms with Crippen LogP contribution in [0.15, 0.2) is 77.3 Å². The van der Waals surface area contributed by atoms with E-state index in [-0.39, 0.29) is 12.4 Å². The molecule has 1 aromatic heterocycles. The van der Waals surface area contributed by atoms with E-state index >= 15 is 0 Å². The van der Waals surface area contributed by atoms with Crippen LogP contribution in [-0.2, 0) is 0 Å². The molecular formula is C21H12BrCl3N-. The van der Waals surface area contributed by atoms with Crippen LogP contribution in [-0.4, -0.2) is 4.98 Å². The third kappa shape index (κ3) is 3.74. The number of nitrogens with zero attached hydrogens (tertiary/aromatic N) is 1. The van der Waals surface area contributed by atoms with Gasteiger partial charge in [-0.3, -0.25) is 0 Å². The number of fused-ring (bicyclic) bond motifs is 1. The van der Waals surface area contributed by atoms with Gasteiger partial charge in [0.2, 0.25) is 0 Å². The number of rotatable bonds is 2. The van der Waals surface area contributed by atoms with E-state index in [1.807, 2.05) is 66.7 Å². The van der Waals surface area contributed by atoms with Gasteiger partial charge in [0, 0.05) is 31.0 Å². The predicted octanol–water partition coefficient (Wildman–Crippen LogP) is 4.64. The van der Waals surface area contributed by atoms with Crippen molar-refractivity contribution in [3.05, 3.63) is 87.3 Å². The molecule has 0 bridgehead atoms. The fourth-order valence-electron chi connectivity index (χ4n) is 2.87. The molecule has 0 saturated heterocycles. The topological polar surface area (TPSA) is 12.9 Å². The second-order valence-corrected chi connectivity index (χ2v) is 7.46. The highest BCUT2D eigenvalue weighted by Gasteiger charge is 2.12. The summed E-state index contributed by atoms with van der Waals surface area (Å²) in [7, 11) is 0. The SMILES string of the molecule is Clc1ccc2nc(-c3ccc(Br)cc3)cc(-c3ccccc3Cl)c2c1.[Cl-]. The summed E-state index contributed by atoms with van der Waals surface area (Å²) in [5, 5.41) is 2.37. The average Bonchev–Trinajstić information content (AvgIpc) is 2.62. The highest BCUT2D eigenvalue weighted by Crippen LogP contribution is 2.36. The normalized spacial score (nSPS) is 10.6. The minimum absolute atomic E-state index is 0. The highest BCUT2D eigenvalue weighted by atomic mass is 79.9. The molecule has 0 N–H and O–H groups in total. The van der Waals surface area contributed by atoms with Crippen molar-refractivity contribution in [2.75, 3.05) is 0 Å². The molecule has 0 saturated carbocycles. The van der Waals surface area contributed by atoms with Crippen LogP contribution in [0.3, 0.4) is 0 Å². The molecule has 1 heterocycles. The Kier molecular flexibility index (Phi) is 5.89. The van der Waals surface area contributed by atoms with Crippen molar-refractivity contribution in [3.8, 4) is 22.4 Å². The summed E-state index contributed by atoms with van der Waals surface area (Å²) < 4.78 is 1.04. The van der Waals surface area contributed by atoms with Crippen LogP contribution < -0.4 is 12.4 Å². The molecule has 4 rings (SSSR count). The lowest BCUT2D eigenvalue weighted by Gasteiger charge is -2.12. The minimum atomic E-state index is 0. The standard InChI is InChI=1S/C21H12BrCl2N.ClH/c22-14-7-5-13(6-8-14)21-12-17(16-3-1-2-4-19(16)24)18-11-15(23)9-10-20(18)25-21;/h1-12H;1H/p-1. The Morgan fingerprint density at radius 3 is 2.23 bits per heavy atom. The largest absolute Gasteiger partial charge is 1.00 e. The molecule has 0 aliphatic rings. The molecule has 0 aliphatic carbocycles. The van der Waals surface area contributed by atoms with Gasteiger partial charge in [-0.25, -0.2) is 4.98 Å². The summed E-state index contributed by atoms with van der Waals surface area (Å²) in [5.74, 6) is 0. The second kappa shape index (κ2) is 7.98. The van der Waals surface area contributed by atoms with Crippen LogP contribution in [0.1, 0.15) is 0 Å². The van der Waals surface area contributed by atoms with Crippen LogP contribution >= 0.6 is 39.1 Å². The number of hydrogen-bond donors (Lipinski definition) is 0. The van der Waals surface area contributed by atoms with E-state index in [2.05, 4.69) is 22.0 Å². The molecule has 0 unspecified atom stereocenters. The average molecular weight is 465 g/mol. The van der Waals surface area contributed by atoms with Gasteiger partial charge in [0.15, 0.2) is 0 Å². The Balaban J connectivity index is 0.00000196. The maximum atomic E-state index is 6.46. The zero-order valence-corrected chi connectivity index (χ0v) is 17.2. The summed E-state index contributed by atoms with van der Waals surface area (Å²) in [6.45, 7) is 0. The molecule has 5 heteroatoms. The van der Waals surface area contributed by atoms with Gasteiger partial charge in [-0.05, 0) is 48.0 Å². The van der Waals surface area contributed by atoms with E-state index < -0.39 is 0 Å².